The third-order valence-electron chi connectivity index (χ3n) is 3.20. The molecule has 0 spiro atoms. The first-order valence-electron chi connectivity index (χ1n) is 8.20. The molecule has 3 rings (SSSR count). The number of amides is 2. The van der Waals surface area contributed by atoms with Crippen LogP contribution in [0.2, 0.25) is 0 Å². The minimum Gasteiger partial charge on any atom is -0.457 e. The van der Waals surface area contributed by atoms with Crippen molar-refractivity contribution in [3.63, 3.8) is 0 Å². The Morgan fingerprint density at radius 3 is 2.43 bits per heavy atom. The maximum atomic E-state index is 11.6. The monoisotopic (exact) mass is 415 g/mol. The molecule has 0 unspecified atom stereocenters. The Morgan fingerprint density at radius 1 is 1.00 bits per heavy atom. The summed E-state index contributed by atoms with van der Waals surface area (Å²) in [6, 6.07) is 17.0. The number of anilines is 2. The maximum absolute atomic E-state index is 11.6. The highest BCUT2D eigenvalue weighted by Gasteiger charge is 2.09. The molecule has 0 saturated carbocycles. The molecular formula is C18H17N5O3S2. The second-order valence-electron chi connectivity index (χ2n) is 5.46. The van der Waals surface area contributed by atoms with Crippen LogP contribution in [0.3, 0.4) is 0 Å². The Morgan fingerprint density at radius 2 is 1.71 bits per heavy atom. The minimum absolute atomic E-state index is 0.125. The van der Waals surface area contributed by atoms with Crippen LogP contribution in [0.25, 0.3) is 0 Å². The number of ether oxygens (including phenoxy) is 1. The quantitative estimate of drug-likeness (QED) is 0.401. The summed E-state index contributed by atoms with van der Waals surface area (Å²) in [5, 5.41) is 11.9. The van der Waals surface area contributed by atoms with Crippen molar-refractivity contribution in [1.29, 1.82) is 0 Å². The zero-order chi connectivity index (χ0) is 19.8. The molecule has 2 aromatic carbocycles. The van der Waals surface area contributed by atoms with Crippen LogP contribution in [0.5, 0.6) is 11.5 Å². The number of hydrogen-bond acceptors (Lipinski definition) is 8. The summed E-state index contributed by atoms with van der Waals surface area (Å²) >= 11 is 2.57. The van der Waals surface area contributed by atoms with E-state index in [0.29, 0.717) is 9.47 Å². The molecule has 1 heterocycles. The number of carbonyl (C=O) groups is 2. The number of nitrogens with zero attached hydrogens (tertiary/aromatic N) is 2. The Balaban J connectivity index is 1.49. The summed E-state index contributed by atoms with van der Waals surface area (Å²) in [5.41, 5.74) is 5.37. The highest BCUT2D eigenvalue weighted by atomic mass is 32.2. The lowest BCUT2D eigenvalue weighted by atomic mass is 10.3. The van der Waals surface area contributed by atoms with Gasteiger partial charge in [-0.25, -0.2) is 0 Å². The van der Waals surface area contributed by atoms with Gasteiger partial charge in [0.15, 0.2) is 4.34 Å². The van der Waals surface area contributed by atoms with Crippen LogP contribution in [-0.2, 0) is 9.59 Å². The van der Waals surface area contributed by atoms with Crippen molar-refractivity contribution in [2.45, 2.75) is 11.3 Å². The lowest BCUT2D eigenvalue weighted by Crippen LogP contribution is -2.41. The lowest BCUT2D eigenvalue weighted by molar-refractivity contribution is -0.126. The number of rotatable bonds is 7. The van der Waals surface area contributed by atoms with Crippen LogP contribution < -0.4 is 20.9 Å². The highest BCUT2D eigenvalue weighted by molar-refractivity contribution is 8.01. The molecule has 144 valence electrons. The van der Waals surface area contributed by atoms with E-state index >= 15 is 0 Å². The molecule has 0 saturated heterocycles. The summed E-state index contributed by atoms with van der Waals surface area (Å²) in [4.78, 5) is 22.3. The largest absolute Gasteiger partial charge is 0.457 e. The summed E-state index contributed by atoms with van der Waals surface area (Å²) in [6.45, 7) is 1.32. The van der Waals surface area contributed by atoms with Crippen molar-refractivity contribution in [1.82, 2.24) is 21.0 Å². The second-order valence-corrected chi connectivity index (χ2v) is 7.66. The van der Waals surface area contributed by atoms with Gasteiger partial charge in [0, 0.05) is 12.6 Å². The van der Waals surface area contributed by atoms with Crippen LogP contribution in [0.1, 0.15) is 6.92 Å². The van der Waals surface area contributed by atoms with E-state index < -0.39 is 0 Å². The van der Waals surface area contributed by atoms with Gasteiger partial charge in [0.25, 0.3) is 0 Å². The first-order valence-corrected chi connectivity index (χ1v) is 10.0. The number of benzene rings is 2. The number of aromatic nitrogens is 2. The summed E-state index contributed by atoms with van der Waals surface area (Å²) < 4.78 is 6.40. The van der Waals surface area contributed by atoms with E-state index in [-0.39, 0.29) is 17.6 Å². The fourth-order valence-electron chi connectivity index (χ4n) is 1.99. The number of carbonyl (C=O) groups excluding carboxylic acids is 2. The van der Waals surface area contributed by atoms with Gasteiger partial charge in [-0.3, -0.25) is 20.4 Å². The SMILES string of the molecule is CC(=O)NNC(=O)CSc1nnc(Nc2ccc(Oc3ccccc3)cc2)s1. The summed E-state index contributed by atoms with van der Waals surface area (Å²) in [7, 11) is 0. The molecule has 3 aromatic rings. The van der Waals surface area contributed by atoms with Crippen LogP contribution in [0.4, 0.5) is 10.8 Å². The molecule has 0 aliphatic heterocycles. The van der Waals surface area contributed by atoms with Crippen LogP contribution in [0.15, 0.2) is 58.9 Å². The molecule has 10 heteroatoms. The van der Waals surface area contributed by atoms with Gasteiger partial charge in [-0.1, -0.05) is 41.3 Å². The average molecular weight is 416 g/mol. The van der Waals surface area contributed by atoms with Crippen LogP contribution >= 0.6 is 23.1 Å². The topological polar surface area (TPSA) is 105 Å². The van der Waals surface area contributed by atoms with Crippen molar-refractivity contribution in [2.75, 3.05) is 11.1 Å². The fraction of sp³-hybridized carbons (Fsp3) is 0.111. The van der Waals surface area contributed by atoms with Crippen molar-refractivity contribution in [2.24, 2.45) is 0 Å². The Labute approximate surface area is 169 Å². The van der Waals surface area contributed by atoms with Gasteiger partial charge in [0.05, 0.1) is 5.75 Å². The third-order valence-corrected chi connectivity index (χ3v) is 5.17. The van der Waals surface area contributed by atoms with Crippen LogP contribution in [0, 0.1) is 0 Å². The molecule has 28 heavy (non-hydrogen) atoms. The molecule has 0 fully saturated rings. The molecule has 0 atom stereocenters. The van der Waals surface area contributed by atoms with Gasteiger partial charge in [-0.2, -0.15) is 0 Å². The molecule has 1 aromatic heterocycles. The van der Waals surface area contributed by atoms with Gasteiger partial charge >= 0.3 is 0 Å². The molecule has 8 nitrogen and oxygen atoms in total. The van der Waals surface area contributed by atoms with Crippen molar-refractivity contribution in [3.05, 3.63) is 54.6 Å². The van der Waals surface area contributed by atoms with Gasteiger partial charge in [-0.15, -0.1) is 10.2 Å². The average Bonchev–Trinajstić information content (AvgIpc) is 3.14. The third kappa shape index (κ3) is 6.25. The predicted molar refractivity (Wildman–Crippen MR) is 109 cm³/mol. The molecule has 0 aliphatic rings. The molecule has 0 radical (unpaired) electrons. The van der Waals surface area contributed by atoms with E-state index in [9.17, 15) is 9.59 Å². The van der Waals surface area contributed by atoms with Crippen molar-refractivity contribution in [3.8, 4) is 11.5 Å². The Kier molecular flexibility index (Phi) is 6.82. The first kappa shape index (κ1) is 19.6. The van der Waals surface area contributed by atoms with E-state index in [1.54, 1.807) is 0 Å². The Hall–Kier alpha value is -3.11. The molecular weight excluding hydrogens is 398 g/mol. The standard InChI is InChI=1S/C18H17N5O3S2/c1-12(24)20-21-16(25)11-27-18-23-22-17(28-18)19-13-7-9-15(10-8-13)26-14-5-3-2-4-6-14/h2-10H,11H2,1H3,(H,19,22)(H,20,24)(H,21,25). The lowest BCUT2D eigenvalue weighted by Gasteiger charge is -2.06. The van der Waals surface area contributed by atoms with Crippen LogP contribution in [-0.4, -0.2) is 27.8 Å². The minimum atomic E-state index is -0.332. The molecule has 0 bridgehead atoms. The van der Waals surface area contributed by atoms with E-state index in [1.807, 2.05) is 54.6 Å². The summed E-state index contributed by atoms with van der Waals surface area (Å²) in [5.74, 6) is 0.979. The van der Waals surface area contributed by atoms with Gasteiger partial charge in [0.1, 0.15) is 11.5 Å². The number of hydrazine groups is 1. The first-order chi connectivity index (χ1) is 13.6. The normalized spacial score (nSPS) is 10.2. The molecule has 0 aliphatic carbocycles. The van der Waals surface area contributed by atoms with Crippen molar-refractivity contribution < 1.29 is 14.3 Å². The fourth-order valence-corrected chi connectivity index (χ4v) is 3.57. The second kappa shape index (κ2) is 9.72. The Bertz CT molecular complexity index is 932. The van der Waals surface area contributed by atoms with Gasteiger partial charge in [0.2, 0.25) is 16.9 Å². The zero-order valence-electron chi connectivity index (χ0n) is 14.8. The highest BCUT2D eigenvalue weighted by Crippen LogP contribution is 2.29. The summed E-state index contributed by atoms with van der Waals surface area (Å²) in [6.07, 6.45) is 0. The number of para-hydroxylation sites is 1. The van der Waals surface area contributed by atoms with Gasteiger partial charge < -0.3 is 10.1 Å². The number of nitrogens with one attached hydrogen (secondary N) is 3. The number of thioether (sulfide) groups is 1. The molecule has 3 N–H and O–H groups in total. The number of hydrogen-bond donors (Lipinski definition) is 3. The predicted octanol–water partition coefficient (Wildman–Crippen LogP) is 3.33. The smallest absolute Gasteiger partial charge is 0.248 e. The maximum Gasteiger partial charge on any atom is 0.248 e. The molecule has 2 amide bonds. The van der Waals surface area contributed by atoms with E-state index in [2.05, 4.69) is 26.4 Å². The zero-order valence-corrected chi connectivity index (χ0v) is 16.5. The van der Waals surface area contributed by atoms with E-state index in [0.717, 1.165) is 17.2 Å². The van der Waals surface area contributed by atoms with E-state index in [1.165, 1.54) is 30.0 Å². The van der Waals surface area contributed by atoms with Crippen molar-refractivity contribution >= 4 is 45.7 Å². The van der Waals surface area contributed by atoms with Gasteiger partial charge in [-0.05, 0) is 36.4 Å². The van der Waals surface area contributed by atoms with E-state index in [4.69, 9.17) is 4.74 Å².